The number of furan rings is 1. The molecule has 0 bridgehead atoms. The van der Waals surface area contributed by atoms with Gasteiger partial charge in [-0.1, -0.05) is 72.3 Å². The molecule has 0 amide bonds. The highest BCUT2D eigenvalue weighted by Gasteiger charge is 2.24. The smallest absolute Gasteiger partial charge is 0.228 e. The lowest BCUT2D eigenvalue weighted by Gasteiger charge is -2.30. The van der Waals surface area contributed by atoms with E-state index in [0.29, 0.717) is 27.5 Å². The Bertz CT molecular complexity index is 1720. The molecular formula is C32H24ClN3O. The van der Waals surface area contributed by atoms with E-state index in [0.717, 1.165) is 22.7 Å². The van der Waals surface area contributed by atoms with Crippen molar-refractivity contribution in [3.8, 4) is 0 Å². The van der Waals surface area contributed by atoms with Gasteiger partial charge in [-0.2, -0.15) is 0 Å². The summed E-state index contributed by atoms with van der Waals surface area (Å²) in [6, 6.07) is 37.3. The van der Waals surface area contributed by atoms with E-state index in [9.17, 15) is 0 Å². The second-order valence-corrected chi connectivity index (χ2v) is 8.86. The zero-order valence-corrected chi connectivity index (χ0v) is 20.5. The van der Waals surface area contributed by atoms with E-state index >= 15 is 0 Å². The van der Waals surface area contributed by atoms with Crippen LogP contribution in [0, 0.1) is 6.85 Å². The van der Waals surface area contributed by atoms with E-state index < -0.39 is 6.85 Å². The fourth-order valence-corrected chi connectivity index (χ4v) is 4.79. The van der Waals surface area contributed by atoms with Crippen LogP contribution < -0.4 is 9.80 Å². The number of rotatable bonds is 6. The zero-order valence-electron chi connectivity index (χ0n) is 22.8. The molecule has 0 unspecified atom stereocenters. The fourth-order valence-electron chi connectivity index (χ4n) is 4.50. The topological polar surface area (TPSA) is 32.5 Å². The molecule has 0 aliphatic carbocycles. The Balaban J connectivity index is 1.58. The van der Waals surface area contributed by atoms with E-state index in [-0.39, 0.29) is 5.56 Å². The number of para-hydroxylation sites is 3. The second-order valence-electron chi connectivity index (χ2n) is 8.49. The van der Waals surface area contributed by atoms with E-state index in [2.05, 4.69) is 9.88 Å². The number of aromatic nitrogens is 1. The number of anilines is 6. The molecule has 6 aromatic rings. The SMILES string of the molecule is [2H]C([2H])([2H])c1cnc2occ(N(c3ccccc3)c3cccc(N(c4ccccc4)c4ccccc4)c3Cl)c2c1. The van der Waals surface area contributed by atoms with Gasteiger partial charge in [-0.05, 0) is 67.0 Å². The van der Waals surface area contributed by atoms with Crippen molar-refractivity contribution < 1.29 is 8.53 Å². The van der Waals surface area contributed by atoms with E-state index in [4.69, 9.17) is 20.1 Å². The molecule has 0 saturated carbocycles. The summed E-state index contributed by atoms with van der Waals surface area (Å²) < 4.78 is 29.5. The van der Waals surface area contributed by atoms with Gasteiger partial charge in [-0.25, -0.2) is 4.98 Å². The van der Waals surface area contributed by atoms with Crippen LogP contribution in [0.3, 0.4) is 0 Å². The maximum atomic E-state index is 7.90. The van der Waals surface area contributed by atoms with Crippen molar-refractivity contribution in [1.82, 2.24) is 4.98 Å². The van der Waals surface area contributed by atoms with Gasteiger partial charge in [0.25, 0.3) is 0 Å². The molecule has 6 rings (SSSR count). The molecule has 5 heteroatoms. The van der Waals surface area contributed by atoms with Crippen molar-refractivity contribution in [2.45, 2.75) is 6.85 Å². The highest BCUT2D eigenvalue weighted by atomic mass is 35.5. The molecule has 0 saturated heterocycles. The number of fused-ring (bicyclic) bond motifs is 1. The number of hydrogen-bond acceptors (Lipinski definition) is 4. The monoisotopic (exact) mass is 504 g/mol. The summed E-state index contributed by atoms with van der Waals surface area (Å²) in [5.74, 6) is 0. The first kappa shape index (κ1) is 19.6. The first-order valence-corrected chi connectivity index (χ1v) is 12.2. The Labute approximate surface area is 225 Å². The van der Waals surface area contributed by atoms with E-state index in [1.165, 1.54) is 6.20 Å². The molecule has 2 aromatic heterocycles. The molecular weight excluding hydrogens is 478 g/mol. The molecule has 0 radical (unpaired) electrons. The summed E-state index contributed by atoms with van der Waals surface area (Å²) in [4.78, 5) is 8.37. The summed E-state index contributed by atoms with van der Waals surface area (Å²) in [6.45, 7) is -2.31. The van der Waals surface area contributed by atoms with Gasteiger partial charge in [0.1, 0.15) is 6.26 Å². The lowest BCUT2D eigenvalue weighted by Crippen LogP contribution is -2.14. The van der Waals surface area contributed by atoms with Crippen LogP contribution in [0.15, 0.2) is 132 Å². The molecule has 0 fully saturated rings. The number of halogens is 1. The van der Waals surface area contributed by atoms with Crippen molar-refractivity contribution in [3.63, 3.8) is 0 Å². The fraction of sp³-hybridized carbons (Fsp3) is 0.0312. The number of hydrogen-bond donors (Lipinski definition) is 0. The average Bonchev–Trinajstić information content (AvgIpc) is 3.39. The van der Waals surface area contributed by atoms with Gasteiger partial charge in [-0.3, -0.25) is 0 Å². The summed E-state index contributed by atoms with van der Waals surface area (Å²) in [5, 5.41) is 1.08. The quantitative estimate of drug-likeness (QED) is 0.226. The minimum atomic E-state index is -2.31. The predicted molar refractivity (Wildman–Crippen MR) is 153 cm³/mol. The van der Waals surface area contributed by atoms with Crippen molar-refractivity contribution in [3.05, 3.63) is 138 Å². The van der Waals surface area contributed by atoms with Gasteiger partial charge in [0.2, 0.25) is 5.71 Å². The first-order chi connectivity index (χ1) is 19.4. The molecule has 37 heavy (non-hydrogen) atoms. The molecule has 2 heterocycles. The largest absolute Gasteiger partial charge is 0.444 e. The van der Waals surface area contributed by atoms with Crippen molar-refractivity contribution in [2.24, 2.45) is 0 Å². The molecule has 0 atom stereocenters. The van der Waals surface area contributed by atoms with E-state index in [1.807, 2.05) is 114 Å². The minimum Gasteiger partial charge on any atom is -0.444 e. The number of benzene rings is 4. The molecule has 0 spiro atoms. The lowest BCUT2D eigenvalue weighted by atomic mass is 10.1. The summed E-state index contributed by atoms with van der Waals surface area (Å²) in [7, 11) is 0. The van der Waals surface area contributed by atoms with Crippen molar-refractivity contribution in [2.75, 3.05) is 9.80 Å². The third-order valence-corrected chi connectivity index (χ3v) is 6.52. The number of aryl methyl sites for hydroxylation is 1. The normalized spacial score (nSPS) is 12.5. The Kier molecular flexibility index (Phi) is 5.22. The van der Waals surface area contributed by atoms with Gasteiger partial charge in [0, 0.05) is 27.4 Å². The second kappa shape index (κ2) is 9.84. The third kappa shape index (κ3) is 4.32. The van der Waals surface area contributed by atoms with Crippen LogP contribution in [0.4, 0.5) is 34.1 Å². The van der Waals surface area contributed by atoms with Crippen LogP contribution in [0.25, 0.3) is 11.1 Å². The minimum absolute atomic E-state index is 0.134. The van der Waals surface area contributed by atoms with Gasteiger partial charge in [-0.15, -0.1) is 0 Å². The maximum absolute atomic E-state index is 7.90. The predicted octanol–water partition coefficient (Wildman–Crippen LogP) is 9.73. The molecule has 180 valence electrons. The van der Waals surface area contributed by atoms with Gasteiger partial charge >= 0.3 is 0 Å². The van der Waals surface area contributed by atoms with Gasteiger partial charge < -0.3 is 14.2 Å². The molecule has 0 aliphatic heterocycles. The van der Waals surface area contributed by atoms with Crippen molar-refractivity contribution >= 4 is 56.8 Å². The lowest BCUT2D eigenvalue weighted by molar-refractivity contribution is 0.603. The molecule has 0 N–H and O–H groups in total. The van der Waals surface area contributed by atoms with Gasteiger partial charge in [0.05, 0.1) is 27.5 Å². The third-order valence-electron chi connectivity index (χ3n) is 6.13. The Hall–Kier alpha value is -4.54. The van der Waals surface area contributed by atoms with Crippen LogP contribution >= 0.6 is 11.6 Å². The maximum Gasteiger partial charge on any atom is 0.228 e. The van der Waals surface area contributed by atoms with Crippen molar-refractivity contribution in [1.29, 1.82) is 0 Å². The Morgan fingerprint density at radius 1 is 0.676 bits per heavy atom. The van der Waals surface area contributed by atoms with Gasteiger partial charge in [0.15, 0.2) is 0 Å². The molecule has 0 aliphatic rings. The van der Waals surface area contributed by atoms with Crippen LogP contribution in [0.2, 0.25) is 5.02 Å². The average molecular weight is 505 g/mol. The summed E-state index contributed by atoms with van der Waals surface area (Å²) in [6.07, 6.45) is 2.92. The molecule has 4 nitrogen and oxygen atoms in total. The molecule has 4 aromatic carbocycles. The Morgan fingerprint density at radius 2 is 1.22 bits per heavy atom. The summed E-state index contributed by atoms with van der Waals surface area (Å²) in [5.41, 5.74) is 5.33. The zero-order chi connectivity index (χ0) is 27.7. The highest BCUT2D eigenvalue weighted by Crippen LogP contribution is 2.47. The van der Waals surface area contributed by atoms with Crippen LogP contribution in [-0.2, 0) is 0 Å². The van der Waals surface area contributed by atoms with Crippen LogP contribution in [-0.4, -0.2) is 4.98 Å². The number of pyridine rings is 1. The highest BCUT2D eigenvalue weighted by molar-refractivity contribution is 6.36. The Morgan fingerprint density at radius 3 is 1.78 bits per heavy atom. The summed E-state index contributed by atoms with van der Waals surface area (Å²) >= 11 is 7.30. The standard InChI is InChI=1S/C32H24ClN3O/c1-23-20-27-30(22-37-32(27)34-21-23)36(26-16-9-4-10-17-26)29-19-11-18-28(31(29)33)35(24-12-5-2-6-13-24)25-14-7-3-8-15-25/h2-22H,1H3/i1D3. The van der Waals surface area contributed by atoms with Crippen LogP contribution in [0.1, 0.15) is 9.68 Å². The number of nitrogens with zero attached hydrogens (tertiary/aromatic N) is 3. The van der Waals surface area contributed by atoms with Crippen LogP contribution in [0.5, 0.6) is 0 Å². The first-order valence-electron chi connectivity index (χ1n) is 13.3. The van der Waals surface area contributed by atoms with E-state index in [1.54, 1.807) is 12.3 Å².